The van der Waals surface area contributed by atoms with E-state index in [0.717, 1.165) is 0 Å². The fraction of sp³-hybridized carbons (Fsp3) is 0.800. The molecule has 2 N–H and O–H groups in total. The lowest BCUT2D eigenvalue weighted by Crippen LogP contribution is -2.34. The van der Waals surface area contributed by atoms with Crippen LogP contribution in [0.5, 0.6) is 0 Å². The van der Waals surface area contributed by atoms with Crippen molar-refractivity contribution in [1.82, 2.24) is 4.90 Å². The van der Waals surface area contributed by atoms with E-state index in [1.807, 2.05) is 6.07 Å². The van der Waals surface area contributed by atoms with Crippen molar-refractivity contribution in [3.8, 4) is 6.07 Å². The van der Waals surface area contributed by atoms with Crippen LogP contribution in [0.4, 0.5) is 0 Å². The molecule has 15 heavy (non-hydrogen) atoms. The normalized spacial score (nSPS) is 9.67. The molecule has 0 saturated carbocycles. The number of nitrogens with zero attached hydrogens (tertiary/aromatic N) is 2. The summed E-state index contributed by atoms with van der Waals surface area (Å²) < 4.78 is 4.91. The van der Waals surface area contributed by atoms with E-state index in [0.29, 0.717) is 45.5 Å². The van der Waals surface area contributed by atoms with Gasteiger partial charge in [0.05, 0.1) is 19.1 Å². The maximum absolute atomic E-state index is 11.6. The van der Waals surface area contributed by atoms with Crippen LogP contribution in [0, 0.1) is 11.3 Å². The van der Waals surface area contributed by atoms with Crippen molar-refractivity contribution in [2.24, 2.45) is 5.73 Å². The van der Waals surface area contributed by atoms with Crippen LogP contribution in [0.1, 0.15) is 19.3 Å². The van der Waals surface area contributed by atoms with Crippen molar-refractivity contribution >= 4 is 5.91 Å². The van der Waals surface area contributed by atoms with Crippen LogP contribution in [-0.2, 0) is 9.53 Å². The summed E-state index contributed by atoms with van der Waals surface area (Å²) in [6.07, 6.45) is 1.50. The Morgan fingerprint density at radius 1 is 1.53 bits per heavy atom. The largest absolute Gasteiger partial charge is 0.383 e. The molecule has 0 aliphatic rings. The lowest BCUT2D eigenvalue weighted by atomic mass is 10.2. The van der Waals surface area contributed by atoms with Crippen molar-refractivity contribution in [3.63, 3.8) is 0 Å². The Morgan fingerprint density at radius 3 is 2.80 bits per heavy atom. The van der Waals surface area contributed by atoms with Gasteiger partial charge >= 0.3 is 0 Å². The first-order valence-electron chi connectivity index (χ1n) is 5.10. The predicted octanol–water partition coefficient (Wildman–Crippen LogP) is 0.114. The van der Waals surface area contributed by atoms with Gasteiger partial charge in [0, 0.05) is 26.6 Å². The zero-order valence-corrected chi connectivity index (χ0v) is 9.24. The smallest absolute Gasteiger partial charge is 0.222 e. The van der Waals surface area contributed by atoms with Crippen molar-refractivity contribution in [3.05, 3.63) is 0 Å². The van der Waals surface area contributed by atoms with Crippen molar-refractivity contribution in [2.75, 3.05) is 33.4 Å². The average Bonchev–Trinajstić information content (AvgIpc) is 2.26. The molecule has 0 fully saturated rings. The van der Waals surface area contributed by atoms with Crippen molar-refractivity contribution in [2.45, 2.75) is 19.3 Å². The van der Waals surface area contributed by atoms with E-state index in [4.69, 9.17) is 15.7 Å². The fourth-order valence-corrected chi connectivity index (χ4v) is 1.16. The monoisotopic (exact) mass is 213 g/mol. The highest BCUT2D eigenvalue weighted by Gasteiger charge is 2.11. The molecule has 1 amide bonds. The topological polar surface area (TPSA) is 79.3 Å². The molecule has 0 bridgehead atoms. The van der Waals surface area contributed by atoms with E-state index in [1.54, 1.807) is 12.0 Å². The van der Waals surface area contributed by atoms with Crippen LogP contribution in [0.2, 0.25) is 0 Å². The summed E-state index contributed by atoms with van der Waals surface area (Å²) in [5.74, 6) is 0.0488. The molecule has 0 saturated heterocycles. The average molecular weight is 213 g/mol. The van der Waals surface area contributed by atoms with Crippen LogP contribution in [0.3, 0.4) is 0 Å². The van der Waals surface area contributed by atoms with E-state index >= 15 is 0 Å². The maximum atomic E-state index is 11.6. The minimum absolute atomic E-state index is 0.0488. The first-order chi connectivity index (χ1) is 7.26. The van der Waals surface area contributed by atoms with Gasteiger partial charge in [0.1, 0.15) is 0 Å². The second-order valence-electron chi connectivity index (χ2n) is 3.17. The van der Waals surface area contributed by atoms with Crippen LogP contribution in [0.25, 0.3) is 0 Å². The van der Waals surface area contributed by atoms with E-state index in [1.165, 1.54) is 0 Å². The Balaban J connectivity index is 3.97. The summed E-state index contributed by atoms with van der Waals surface area (Å²) in [5.41, 5.74) is 5.33. The highest BCUT2D eigenvalue weighted by Crippen LogP contribution is 1.99. The molecule has 0 rings (SSSR count). The summed E-state index contributed by atoms with van der Waals surface area (Å²) in [5, 5.41) is 8.46. The number of nitrogens with two attached hydrogens (primary N) is 1. The Kier molecular flexibility index (Phi) is 8.73. The lowest BCUT2D eigenvalue weighted by Gasteiger charge is -2.21. The Bertz CT molecular complexity index is 213. The first kappa shape index (κ1) is 13.9. The van der Waals surface area contributed by atoms with Crippen LogP contribution < -0.4 is 5.73 Å². The SMILES string of the molecule is COCCN(CCC#N)C(=O)CCCN. The second-order valence-corrected chi connectivity index (χ2v) is 3.17. The summed E-state index contributed by atoms with van der Waals surface area (Å²) in [6, 6.07) is 2.03. The number of hydrogen-bond acceptors (Lipinski definition) is 4. The van der Waals surface area contributed by atoms with Gasteiger partial charge in [-0.2, -0.15) is 5.26 Å². The summed E-state index contributed by atoms with van der Waals surface area (Å²) in [6.45, 7) is 2.03. The van der Waals surface area contributed by atoms with Crippen molar-refractivity contribution in [1.29, 1.82) is 5.26 Å². The molecule has 5 heteroatoms. The molecule has 0 aliphatic carbocycles. The van der Waals surface area contributed by atoms with Gasteiger partial charge in [-0.15, -0.1) is 0 Å². The molecule has 0 aliphatic heterocycles. The summed E-state index contributed by atoms with van der Waals surface area (Å²) in [7, 11) is 1.59. The molecular formula is C10H19N3O2. The third-order valence-electron chi connectivity index (χ3n) is 2.01. The Labute approximate surface area is 90.8 Å². The molecule has 0 heterocycles. The second kappa shape index (κ2) is 9.44. The predicted molar refractivity (Wildman–Crippen MR) is 57.0 cm³/mol. The maximum Gasteiger partial charge on any atom is 0.222 e. The third kappa shape index (κ3) is 6.89. The Hall–Kier alpha value is -1.12. The van der Waals surface area contributed by atoms with Gasteiger partial charge in [-0.1, -0.05) is 0 Å². The van der Waals surface area contributed by atoms with Crippen LogP contribution in [-0.4, -0.2) is 44.2 Å². The summed E-state index contributed by atoms with van der Waals surface area (Å²) in [4.78, 5) is 13.3. The van der Waals surface area contributed by atoms with E-state index < -0.39 is 0 Å². The number of carbonyl (C=O) groups is 1. The van der Waals surface area contributed by atoms with Gasteiger partial charge in [0.25, 0.3) is 0 Å². The van der Waals surface area contributed by atoms with E-state index in [-0.39, 0.29) is 5.91 Å². The van der Waals surface area contributed by atoms with E-state index in [2.05, 4.69) is 0 Å². The molecule has 5 nitrogen and oxygen atoms in total. The van der Waals surface area contributed by atoms with Gasteiger partial charge in [-0.3, -0.25) is 4.79 Å². The molecule has 0 aromatic heterocycles. The quantitative estimate of drug-likeness (QED) is 0.621. The number of hydrogen-bond donors (Lipinski definition) is 1. The highest BCUT2D eigenvalue weighted by molar-refractivity contribution is 5.76. The zero-order chi connectivity index (χ0) is 11.5. The van der Waals surface area contributed by atoms with Gasteiger partial charge in [0.15, 0.2) is 0 Å². The minimum Gasteiger partial charge on any atom is -0.383 e. The van der Waals surface area contributed by atoms with Gasteiger partial charge in [0.2, 0.25) is 5.91 Å². The molecule has 0 aromatic rings. The number of methoxy groups -OCH3 is 1. The van der Waals surface area contributed by atoms with Crippen LogP contribution in [0.15, 0.2) is 0 Å². The standard InChI is InChI=1S/C10H19N3O2/c1-15-9-8-13(7-3-6-12)10(14)4-2-5-11/h2-5,7-9,11H2,1H3. The fourth-order valence-electron chi connectivity index (χ4n) is 1.16. The number of rotatable bonds is 8. The molecule has 0 radical (unpaired) electrons. The molecule has 0 spiro atoms. The number of nitriles is 1. The molecule has 0 unspecified atom stereocenters. The minimum atomic E-state index is 0.0488. The highest BCUT2D eigenvalue weighted by atomic mass is 16.5. The zero-order valence-electron chi connectivity index (χ0n) is 9.24. The number of carbonyl (C=O) groups excluding carboxylic acids is 1. The van der Waals surface area contributed by atoms with E-state index in [9.17, 15) is 4.79 Å². The first-order valence-corrected chi connectivity index (χ1v) is 5.10. The molecule has 0 aromatic carbocycles. The molecular weight excluding hydrogens is 194 g/mol. The van der Waals surface area contributed by atoms with Gasteiger partial charge < -0.3 is 15.4 Å². The summed E-state index contributed by atoms with van der Waals surface area (Å²) >= 11 is 0. The lowest BCUT2D eigenvalue weighted by molar-refractivity contribution is -0.131. The van der Waals surface area contributed by atoms with Crippen molar-refractivity contribution < 1.29 is 9.53 Å². The third-order valence-corrected chi connectivity index (χ3v) is 2.01. The molecule has 86 valence electrons. The van der Waals surface area contributed by atoms with Gasteiger partial charge in [-0.25, -0.2) is 0 Å². The number of ether oxygens (including phenoxy) is 1. The Morgan fingerprint density at radius 2 is 2.27 bits per heavy atom. The molecule has 0 atom stereocenters. The number of amides is 1. The van der Waals surface area contributed by atoms with Gasteiger partial charge in [-0.05, 0) is 13.0 Å². The van der Waals surface area contributed by atoms with Crippen LogP contribution >= 0.6 is 0 Å².